The third kappa shape index (κ3) is 4.52. The van der Waals surface area contributed by atoms with Crippen LogP contribution in [0.5, 0.6) is 5.75 Å². The smallest absolute Gasteiger partial charge is 0.292 e. The third-order valence-corrected chi connectivity index (χ3v) is 4.46. The molecule has 7 nitrogen and oxygen atoms in total. The molecular weight excluding hydrogens is 353 g/mol. The van der Waals surface area contributed by atoms with Crippen molar-refractivity contribution in [1.29, 1.82) is 0 Å². The molecule has 0 atom stereocenters. The van der Waals surface area contributed by atoms with Crippen molar-refractivity contribution in [3.8, 4) is 5.75 Å². The van der Waals surface area contributed by atoms with Gasteiger partial charge < -0.3 is 14.5 Å². The standard InChI is InChI=1S/C19H20FN3O4/c20-15-5-1-4-8-18(15)27-14-9-19(24)22-12-10-21(11-13-22)16-6-2-3-7-17(16)23(25)26/h1-8H,9-14H2. The zero-order valence-corrected chi connectivity index (χ0v) is 14.7. The Labute approximate surface area is 156 Å². The van der Waals surface area contributed by atoms with Crippen molar-refractivity contribution in [2.24, 2.45) is 0 Å². The Bertz CT molecular complexity index is 822. The van der Waals surface area contributed by atoms with E-state index in [9.17, 15) is 19.3 Å². The van der Waals surface area contributed by atoms with Crippen LogP contribution in [0.4, 0.5) is 15.8 Å². The van der Waals surface area contributed by atoms with Gasteiger partial charge in [0, 0.05) is 32.2 Å². The molecule has 1 heterocycles. The van der Waals surface area contributed by atoms with Crippen LogP contribution in [0, 0.1) is 15.9 Å². The number of piperazine rings is 1. The number of rotatable bonds is 6. The normalized spacial score (nSPS) is 14.1. The highest BCUT2D eigenvalue weighted by molar-refractivity contribution is 5.77. The molecule has 142 valence electrons. The minimum absolute atomic E-state index is 0.0653. The number of hydrogen-bond donors (Lipinski definition) is 0. The lowest BCUT2D eigenvalue weighted by molar-refractivity contribution is -0.384. The van der Waals surface area contributed by atoms with Gasteiger partial charge >= 0.3 is 0 Å². The molecule has 0 N–H and O–H groups in total. The summed E-state index contributed by atoms with van der Waals surface area (Å²) in [5.41, 5.74) is 0.632. The first-order chi connectivity index (χ1) is 13.1. The molecule has 1 aliphatic rings. The van der Waals surface area contributed by atoms with E-state index in [1.54, 1.807) is 35.2 Å². The number of nitro benzene ring substituents is 1. The topological polar surface area (TPSA) is 75.9 Å². The monoisotopic (exact) mass is 373 g/mol. The van der Waals surface area contributed by atoms with Crippen LogP contribution in [0.2, 0.25) is 0 Å². The molecule has 0 spiro atoms. The van der Waals surface area contributed by atoms with Crippen molar-refractivity contribution in [1.82, 2.24) is 4.90 Å². The van der Waals surface area contributed by atoms with Crippen molar-refractivity contribution >= 4 is 17.3 Å². The number of hydrogen-bond acceptors (Lipinski definition) is 5. The highest BCUT2D eigenvalue weighted by Crippen LogP contribution is 2.28. The van der Waals surface area contributed by atoms with Gasteiger partial charge in [0.25, 0.3) is 5.69 Å². The molecule has 0 radical (unpaired) electrons. The Morgan fingerprint density at radius 1 is 1.07 bits per heavy atom. The van der Waals surface area contributed by atoms with Gasteiger partial charge in [-0.1, -0.05) is 24.3 Å². The molecular formula is C19H20FN3O4. The van der Waals surface area contributed by atoms with Crippen LogP contribution in [-0.4, -0.2) is 48.5 Å². The van der Waals surface area contributed by atoms with E-state index >= 15 is 0 Å². The second-order valence-corrected chi connectivity index (χ2v) is 6.14. The second kappa shape index (κ2) is 8.48. The van der Waals surface area contributed by atoms with Gasteiger partial charge in [-0.15, -0.1) is 0 Å². The molecule has 2 aromatic rings. The van der Waals surface area contributed by atoms with Crippen LogP contribution in [-0.2, 0) is 4.79 Å². The molecule has 8 heteroatoms. The van der Waals surface area contributed by atoms with Gasteiger partial charge in [-0.2, -0.15) is 0 Å². The van der Waals surface area contributed by atoms with Crippen molar-refractivity contribution in [3.05, 3.63) is 64.5 Å². The molecule has 0 aromatic heterocycles. The lowest BCUT2D eigenvalue weighted by atomic mass is 10.2. The van der Waals surface area contributed by atoms with Gasteiger partial charge in [-0.05, 0) is 18.2 Å². The first-order valence-electron chi connectivity index (χ1n) is 8.70. The summed E-state index contributed by atoms with van der Waals surface area (Å²) in [6.07, 6.45) is 0.153. The molecule has 0 saturated carbocycles. The van der Waals surface area contributed by atoms with E-state index in [4.69, 9.17) is 4.74 Å². The Morgan fingerprint density at radius 3 is 2.44 bits per heavy atom. The van der Waals surface area contributed by atoms with E-state index in [0.717, 1.165) is 0 Å². The molecule has 2 aromatic carbocycles. The van der Waals surface area contributed by atoms with Crippen LogP contribution >= 0.6 is 0 Å². The minimum atomic E-state index is -0.456. The summed E-state index contributed by atoms with van der Waals surface area (Å²) >= 11 is 0. The van der Waals surface area contributed by atoms with Crippen LogP contribution in [0.25, 0.3) is 0 Å². The maximum absolute atomic E-state index is 13.5. The average molecular weight is 373 g/mol. The average Bonchev–Trinajstić information content (AvgIpc) is 2.69. The molecule has 0 unspecified atom stereocenters. The van der Waals surface area contributed by atoms with Gasteiger partial charge in [0.1, 0.15) is 5.69 Å². The van der Waals surface area contributed by atoms with E-state index in [1.165, 1.54) is 18.2 Å². The number of carbonyl (C=O) groups is 1. The summed E-state index contributed by atoms with van der Waals surface area (Å²) in [5, 5.41) is 11.2. The van der Waals surface area contributed by atoms with E-state index in [1.807, 2.05) is 4.90 Å². The Balaban J connectivity index is 1.50. The lowest BCUT2D eigenvalue weighted by Gasteiger charge is -2.35. The molecule has 27 heavy (non-hydrogen) atoms. The zero-order chi connectivity index (χ0) is 19.2. The SMILES string of the molecule is O=C(CCOc1ccccc1F)N1CCN(c2ccccc2[N+](=O)[O-])CC1. The lowest BCUT2D eigenvalue weighted by Crippen LogP contribution is -2.49. The summed E-state index contributed by atoms with van der Waals surface area (Å²) in [4.78, 5) is 26.7. The molecule has 0 bridgehead atoms. The predicted octanol–water partition coefficient (Wildman–Crippen LogP) is 2.85. The number of amides is 1. The summed E-state index contributed by atoms with van der Waals surface area (Å²) in [6.45, 7) is 2.09. The van der Waals surface area contributed by atoms with Gasteiger partial charge in [0.2, 0.25) is 5.91 Å². The molecule has 1 amide bonds. The number of anilines is 1. The zero-order valence-electron chi connectivity index (χ0n) is 14.7. The van der Waals surface area contributed by atoms with E-state index in [-0.39, 0.29) is 30.4 Å². The number of nitro groups is 1. The fourth-order valence-electron chi connectivity index (χ4n) is 3.05. The largest absolute Gasteiger partial charge is 0.490 e. The summed E-state index contributed by atoms with van der Waals surface area (Å²) in [7, 11) is 0. The maximum atomic E-state index is 13.5. The molecule has 1 aliphatic heterocycles. The van der Waals surface area contributed by atoms with Gasteiger partial charge in [-0.25, -0.2) is 4.39 Å². The summed E-state index contributed by atoms with van der Waals surface area (Å²) in [6, 6.07) is 12.7. The second-order valence-electron chi connectivity index (χ2n) is 6.14. The van der Waals surface area contributed by atoms with E-state index in [0.29, 0.717) is 31.9 Å². The number of carbonyl (C=O) groups excluding carboxylic acids is 1. The number of halogens is 1. The molecule has 3 rings (SSSR count). The van der Waals surface area contributed by atoms with Gasteiger partial charge in [0.15, 0.2) is 11.6 Å². The first kappa shape index (κ1) is 18.6. The number of para-hydroxylation sites is 3. The fraction of sp³-hybridized carbons (Fsp3) is 0.316. The van der Waals surface area contributed by atoms with Crippen molar-refractivity contribution in [3.63, 3.8) is 0 Å². The van der Waals surface area contributed by atoms with Crippen LogP contribution in [0.1, 0.15) is 6.42 Å². The molecule has 0 aliphatic carbocycles. The highest BCUT2D eigenvalue weighted by atomic mass is 19.1. The quantitative estimate of drug-likeness (QED) is 0.575. The number of nitrogens with zero attached hydrogens (tertiary/aromatic N) is 3. The highest BCUT2D eigenvalue weighted by Gasteiger charge is 2.25. The molecule has 1 fully saturated rings. The summed E-state index contributed by atoms with van der Waals surface area (Å²) < 4.78 is 18.8. The minimum Gasteiger partial charge on any atom is -0.490 e. The van der Waals surface area contributed by atoms with Crippen LogP contribution in [0.3, 0.4) is 0 Å². The first-order valence-corrected chi connectivity index (χ1v) is 8.70. The van der Waals surface area contributed by atoms with Crippen molar-refractivity contribution in [2.45, 2.75) is 6.42 Å². The summed E-state index contributed by atoms with van der Waals surface area (Å²) in [5.74, 6) is -0.400. The predicted molar refractivity (Wildman–Crippen MR) is 98.4 cm³/mol. The van der Waals surface area contributed by atoms with E-state index in [2.05, 4.69) is 0 Å². The van der Waals surface area contributed by atoms with Gasteiger partial charge in [-0.3, -0.25) is 14.9 Å². The Kier molecular flexibility index (Phi) is 5.85. The van der Waals surface area contributed by atoms with Crippen LogP contribution in [0.15, 0.2) is 48.5 Å². The number of ether oxygens (including phenoxy) is 1. The third-order valence-electron chi connectivity index (χ3n) is 4.46. The van der Waals surface area contributed by atoms with Crippen molar-refractivity contribution < 1.29 is 18.8 Å². The van der Waals surface area contributed by atoms with Crippen molar-refractivity contribution in [2.75, 3.05) is 37.7 Å². The van der Waals surface area contributed by atoms with Crippen LogP contribution < -0.4 is 9.64 Å². The number of benzene rings is 2. The van der Waals surface area contributed by atoms with E-state index < -0.39 is 10.7 Å². The molecule has 1 saturated heterocycles. The van der Waals surface area contributed by atoms with Gasteiger partial charge in [0.05, 0.1) is 18.0 Å². The Morgan fingerprint density at radius 2 is 1.74 bits per heavy atom. The Hall–Kier alpha value is -3.16. The maximum Gasteiger partial charge on any atom is 0.292 e. The fourth-order valence-corrected chi connectivity index (χ4v) is 3.05.